The molecule has 0 bridgehead atoms. The lowest BCUT2D eigenvalue weighted by Crippen LogP contribution is -2.02. The predicted molar refractivity (Wildman–Crippen MR) is 78.7 cm³/mol. The summed E-state index contributed by atoms with van der Waals surface area (Å²) in [4.78, 5) is 4.32. The number of benzene rings is 1. The van der Waals surface area contributed by atoms with E-state index in [-0.39, 0.29) is 0 Å². The van der Waals surface area contributed by atoms with E-state index >= 15 is 0 Å². The van der Waals surface area contributed by atoms with Gasteiger partial charge in [-0.2, -0.15) is 0 Å². The van der Waals surface area contributed by atoms with Crippen molar-refractivity contribution >= 4 is 22.5 Å². The molecule has 5 heteroatoms. The highest BCUT2D eigenvalue weighted by Crippen LogP contribution is 2.24. The van der Waals surface area contributed by atoms with Gasteiger partial charge in [0.25, 0.3) is 0 Å². The zero-order valence-electron chi connectivity index (χ0n) is 11.1. The molecule has 3 N–H and O–H groups in total. The van der Waals surface area contributed by atoms with Crippen LogP contribution in [0, 0.1) is 0 Å². The molecule has 0 atom stereocenters. The van der Waals surface area contributed by atoms with Gasteiger partial charge in [-0.1, -0.05) is 6.07 Å². The summed E-state index contributed by atoms with van der Waals surface area (Å²) in [5.41, 5.74) is 8.39. The number of pyridine rings is 1. The number of furan rings is 1. The molecular formula is C15H15N3O2. The van der Waals surface area contributed by atoms with Crippen LogP contribution in [0.25, 0.3) is 11.0 Å². The third-order valence-electron chi connectivity index (χ3n) is 3.13. The molecule has 3 rings (SSSR count). The Bertz CT molecular complexity index is 737. The van der Waals surface area contributed by atoms with Crippen molar-refractivity contribution in [1.82, 2.24) is 4.98 Å². The van der Waals surface area contributed by atoms with Crippen molar-refractivity contribution in [3.63, 3.8) is 0 Å². The Balaban J connectivity index is 1.79. The highest BCUT2D eigenvalue weighted by atomic mass is 16.5. The molecule has 5 nitrogen and oxygen atoms in total. The van der Waals surface area contributed by atoms with E-state index in [9.17, 15) is 0 Å². The van der Waals surface area contributed by atoms with Crippen molar-refractivity contribution in [2.24, 2.45) is 0 Å². The lowest BCUT2D eigenvalue weighted by molar-refractivity contribution is 0.417. The summed E-state index contributed by atoms with van der Waals surface area (Å²) in [6.45, 7) is 0.630. The van der Waals surface area contributed by atoms with Crippen molar-refractivity contribution in [1.29, 1.82) is 0 Å². The average molecular weight is 269 g/mol. The van der Waals surface area contributed by atoms with Crippen LogP contribution in [0.4, 0.5) is 11.5 Å². The molecule has 0 aliphatic carbocycles. The maximum atomic E-state index is 5.89. The smallest absolute Gasteiger partial charge is 0.141 e. The fourth-order valence-corrected chi connectivity index (χ4v) is 2.12. The van der Waals surface area contributed by atoms with Gasteiger partial charge in [-0.25, -0.2) is 4.98 Å². The van der Waals surface area contributed by atoms with Crippen LogP contribution >= 0.6 is 0 Å². The third kappa shape index (κ3) is 2.25. The van der Waals surface area contributed by atoms with Gasteiger partial charge in [0.05, 0.1) is 24.4 Å². The summed E-state index contributed by atoms with van der Waals surface area (Å²) >= 11 is 0. The number of nitrogens with one attached hydrogen (secondary N) is 1. The first kappa shape index (κ1) is 12.3. The lowest BCUT2D eigenvalue weighted by Gasteiger charge is -2.09. The number of hydrogen-bond donors (Lipinski definition) is 2. The Morgan fingerprint density at radius 3 is 3.00 bits per heavy atom. The Morgan fingerprint density at radius 2 is 2.20 bits per heavy atom. The third-order valence-corrected chi connectivity index (χ3v) is 3.13. The van der Waals surface area contributed by atoms with Crippen LogP contribution in [0.3, 0.4) is 0 Å². The second-order valence-electron chi connectivity index (χ2n) is 4.42. The van der Waals surface area contributed by atoms with E-state index in [2.05, 4.69) is 10.3 Å². The molecule has 2 heterocycles. The Morgan fingerprint density at radius 1 is 1.30 bits per heavy atom. The van der Waals surface area contributed by atoms with Gasteiger partial charge in [0, 0.05) is 12.7 Å². The van der Waals surface area contributed by atoms with E-state index in [0.29, 0.717) is 18.0 Å². The SMILES string of the molecule is COc1ccc(CNc2nccc3occc23)cc1N. The molecule has 1 aromatic carbocycles. The first-order valence-electron chi connectivity index (χ1n) is 6.26. The van der Waals surface area contributed by atoms with Crippen LogP contribution in [0.2, 0.25) is 0 Å². The number of anilines is 2. The molecule has 0 amide bonds. The summed E-state index contributed by atoms with van der Waals surface area (Å²) in [5.74, 6) is 1.48. The Hall–Kier alpha value is -2.69. The second-order valence-corrected chi connectivity index (χ2v) is 4.42. The molecule has 0 fully saturated rings. The number of nitrogen functional groups attached to an aromatic ring is 1. The number of nitrogens with zero attached hydrogens (tertiary/aromatic N) is 1. The molecule has 2 aromatic heterocycles. The molecule has 20 heavy (non-hydrogen) atoms. The standard InChI is InChI=1S/C15H15N3O2/c1-19-14-3-2-10(8-12(14)16)9-18-15-11-5-7-20-13(11)4-6-17-15/h2-8H,9,16H2,1H3,(H,17,18). The van der Waals surface area contributed by atoms with E-state index in [0.717, 1.165) is 22.4 Å². The minimum atomic E-state index is 0.626. The van der Waals surface area contributed by atoms with Gasteiger partial charge in [-0.05, 0) is 29.8 Å². The minimum absolute atomic E-state index is 0.626. The van der Waals surface area contributed by atoms with Crippen LogP contribution in [0.1, 0.15) is 5.56 Å². The van der Waals surface area contributed by atoms with Crippen LogP contribution in [-0.2, 0) is 6.54 Å². The van der Waals surface area contributed by atoms with Gasteiger partial charge in [-0.3, -0.25) is 0 Å². The maximum Gasteiger partial charge on any atom is 0.141 e. The highest BCUT2D eigenvalue weighted by Gasteiger charge is 2.05. The zero-order chi connectivity index (χ0) is 13.9. The van der Waals surface area contributed by atoms with Gasteiger partial charge in [0.1, 0.15) is 17.2 Å². The van der Waals surface area contributed by atoms with Crippen LogP contribution in [0.5, 0.6) is 5.75 Å². The fraction of sp³-hybridized carbons (Fsp3) is 0.133. The van der Waals surface area contributed by atoms with E-state index in [1.807, 2.05) is 30.3 Å². The quantitative estimate of drug-likeness (QED) is 0.712. The molecular weight excluding hydrogens is 254 g/mol. The van der Waals surface area contributed by atoms with Gasteiger partial charge in [0.15, 0.2) is 0 Å². The average Bonchev–Trinajstić information content (AvgIpc) is 2.94. The van der Waals surface area contributed by atoms with Crippen molar-refractivity contribution in [3.05, 3.63) is 48.4 Å². The second kappa shape index (κ2) is 5.13. The van der Waals surface area contributed by atoms with Crippen LogP contribution in [0.15, 0.2) is 47.2 Å². The number of methoxy groups -OCH3 is 1. The number of rotatable bonds is 4. The topological polar surface area (TPSA) is 73.3 Å². The Kier molecular flexibility index (Phi) is 3.16. The molecule has 0 radical (unpaired) electrons. The summed E-state index contributed by atoms with van der Waals surface area (Å²) in [7, 11) is 1.60. The van der Waals surface area contributed by atoms with Crippen LogP contribution in [-0.4, -0.2) is 12.1 Å². The van der Waals surface area contributed by atoms with Crippen LogP contribution < -0.4 is 15.8 Å². The largest absolute Gasteiger partial charge is 0.495 e. The first-order chi connectivity index (χ1) is 9.78. The van der Waals surface area contributed by atoms with E-state index in [1.54, 1.807) is 19.6 Å². The van der Waals surface area contributed by atoms with Gasteiger partial charge >= 0.3 is 0 Å². The van der Waals surface area contributed by atoms with Gasteiger partial charge in [0.2, 0.25) is 0 Å². The molecule has 3 aromatic rings. The predicted octanol–water partition coefficient (Wildman–Crippen LogP) is 3.03. The number of aromatic nitrogens is 1. The van der Waals surface area contributed by atoms with E-state index < -0.39 is 0 Å². The molecule has 0 spiro atoms. The summed E-state index contributed by atoms with van der Waals surface area (Å²) < 4.78 is 10.5. The molecule has 102 valence electrons. The minimum Gasteiger partial charge on any atom is -0.495 e. The fourth-order valence-electron chi connectivity index (χ4n) is 2.12. The molecule has 0 saturated carbocycles. The van der Waals surface area contributed by atoms with Gasteiger partial charge in [-0.15, -0.1) is 0 Å². The molecule has 0 aliphatic rings. The first-order valence-corrected chi connectivity index (χ1v) is 6.26. The Labute approximate surface area is 116 Å². The van der Waals surface area contributed by atoms with Crippen molar-refractivity contribution in [2.75, 3.05) is 18.2 Å². The van der Waals surface area contributed by atoms with E-state index in [1.165, 1.54) is 0 Å². The maximum absolute atomic E-state index is 5.89. The van der Waals surface area contributed by atoms with Crippen molar-refractivity contribution in [2.45, 2.75) is 6.54 Å². The normalized spacial score (nSPS) is 10.7. The summed E-state index contributed by atoms with van der Waals surface area (Å²) in [6, 6.07) is 9.45. The number of ether oxygens (including phenoxy) is 1. The monoisotopic (exact) mass is 269 g/mol. The van der Waals surface area contributed by atoms with Gasteiger partial charge < -0.3 is 20.2 Å². The van der Waals surface area contributed by atoms with E-state index in [4.69, 9.17) is 14.9 Å². The summed E-state index contributed by atoms with van der Waals surface area (Å²) in [6.07, 6.45) is 3.37. The summed E-state index contributed by atoms with van der Waals surface area (Å²) in [5, 5.41) is 4.25. The zero-order valence-corrected chi connectivity index (χ0v) is 11.1. The number of hydrogen-bond acceptors (Lipinski definition) is 5. The number of nitrogens with two attached hydrogens (primary N) is 1. The van der Waals surface area contributed by atoms with Crippen molar-refractivity contribution < 1.29 is 9.15 Å². The highest BCUT2D eigenvalue weighted by molar-refractivity contribution is 5.87. The molecule has 0 saturated heterocycles. The molecule has 0 aliphatic heterocycles. The lowest BCUT2D eigenvalue weighted by atomic mass is 10.2. The molecule has 0 unspecified atom stereocenters. The van der Waals surface area contributed by atoms with Crippen molar-refractivity contribution in [3.8, 4) is 5.75 Å². The number of fused-ring (bicyclic) bond motifs is 1.